The summed E-state index contributed by atoms with van der Waals surface area (Å²) in [6.45, 7) is 0.359. The first-order valence-electron chi connectivity index (χ1n) is 4.98. The molecular weight excluding hydrogens is 258 g/mol. The normalized spacial score (nSPS) is 10.2. The smallest absolute Gasteiger partial charge is 0.355 e. The van der Waals surface area contributed by atoms with Gasteiger partial charge in [0.2, 0.25) is 0 Å². The number of carbonyl (C=O) groups excluding carboxylic acids is 1. The second-order valence-corrected chi connectivity index (χ2v) is 4.24. The summed E-state index contributed by atoms with van der Waals surface area (Å²) < 4.78 is 0. The van der Waals surface area contributed by atoms with Crippen molar-refractivity contribution in [1.82, 2.24) is 25.7 Å². The molecular formula is C9H9N5O3S. The van der Waals surface area contributed by atoms with Gasteiger partial charge in [-0.1, -0.05) is 0 Å². The molecule has 0 saturated heterocycles. The number of nitrogens with one attached hydrogen (secondary N) is 2. The third-order valence-electron chi connectivity index (χ3n) is 2.04. The fraction of sp³-hybridized carbons (Fsp3) is 0.222. The molecule has 0 aliphatic heterocycles. The fourth-order valence-corrected chi connectivity index (χ4v) is 1.98. The molecule has 0 bridgehead atoms. The van der Waals surface area contributed by atoms with Crippen LogP contribution in [-0.2, 0) is 6.42 Å². The maximum Gasteiger partial charge on any atom is 0.355 e. The number of rotatable bonds is 5. The first-order chi connectivity index (χ1) is 8.66. The van der Waals surface area contributed by atoms with Gasteiger partial charge in [0.1, 0.15) is 0 Å². The average Bonchev–Trinajstić information content (AvgIpc) is 3.00. The van der Waals surface area contributed by atoms with Crippen molar-refractivity contribution in [2.75, 3.05) is 6.54 Å². The van der Waals surface area contributed by atoms with E-state index in [9.17, 15) is 9.59 Å². The van der Waals surface area contributed by atoms with Crippen LogP contribution >= 0.6 is 11.3 Å². The van der Waals surface area contributed by atoms with E-state index in [0.717, 1.165) is 0 Å². The molecule has 2 aromatic rings. The number of aromatic amines is 1. The van der Waals surface area contributed by atoms with E-state index in [-0.39, 0.29) is 17.3 Å². The number of aromatic nitrogens is 4. The van der Waals surface area contributed by atoms with Crippen LogP contribution in [0.1, 0.15) is 26.0 Å². The molecule has 0 saturated carbocycles. The van der Waals surface area contributed by atoms with Gasteiger partial charge in [-0.15, -0.1) is 11.3 Å². The number of carbonyl (C=O) groups is 2. The SMILES string of the molecule is O=C(O)c1csc(CCNC(=O)c2cn[nH]n2)n1. The molecule has 8 nitrogen and oxygen atoms in total. The number of thiazole rings is 1. The lowest BCUT2D eigenvalue weighted by Crippen LogP contribution is -2.26. The van der Waals surface area contributed by atoms with E-state index in [1.165, 1.54) is 22.9 Å². The number of carboxylic acid groups (broad SMARTS) is 1. The highest BCUT2D eigenvalue weighted by atomic mass is 32.1. The second kappa shape index (κ2) is 5.36. The first kappa shape index (κ1) is 12.2. The molecule has 2 heterocycles. The summed E-state index contributed by atoms with van der Waals surface area (Å²) in [4.78, 5) is 26.0. The van der Waals surface area contributed by atoms with Crippen molar-refractivity contribution in [2.45, 2.75) is 6.42 Å². The summed E-state index contributed by atoms with van der Waals surface area (Å²) in [7, 11) is 0. The summed E-state index contributed by atoms with van der Waals surface area (Å²) in [6, 6.07) is 0. The number of carboxylic acids is 1. The van der Waals surface area contributed by atoms with Gasteiger partial charge in [-0.05, 0) is 0 Å². The van der Waals surface area contributed by atoms with Gasteiger partial charge in [0.05, 0.1) is 11.2 Å². The highest BCUT2D eigenvalue weighted by molar-refractivity contribution is 7.09. The molecule has 9 heteroatoms. The van der Waals surface area contributed by atoms with E-state index in [2.05, 4.69) is 25.7 Å². The molecule has 0 radical (unpaired) electrons. The summed E-state index contributed by atoms with van der Waals surface area (Å²) in [6.07, 6.45) is 1.79. The third kappa shape index (κ3) is 2.88. The molecule has 94 valence electrons. The molecule has 1 amide bonds. The van der Waals surface area contributed by atoms with Crippen LogP contribution in [0, 0.1) is 0 Å². The van der Waals surface area contributed by atoms with Gasteiger partial charge >= 0.3 is 5.97 Å². The quantitative estimate of drug-likeness (QED) is 0.697. The standard InChI is InChI=1S/C9H9N5O3S/c15-8(5-3-11-14-13-5)10-2-1-7-12-6(4-18-7)9(16)17/h3-4H,1-2H2,(H,10,15)(H,16,17)(H,11,13,14). The molecule has 0 atom stereocenters. The van der Waals surface area contributed by atoms with Crippen LogP contribution in [0.25, 0.3) is 0 Å². The van der Waals surface area contributed by atoms with E-state index in [4.69, 9.17) is 5.11 Å². The molecule has 0 spiro atoms. The van der Waals surface area contributed by atoms with E-state index in [0.29, 0.717) is 18.0 Å². The van der Waals surface area contributed by atoms with Gasteiger partial charge in [0, 0.05) is 18.3 Å². The summed E-state index contributed by atoms with van der Waals surface area (Å²) in [5.41, 5.74) is 0.234. The van der Waals surface area contributed by atoms with Crippen LogP contribution in [0.5, 0.6) is 0 Å². The number of amides is 1. The molecule has 0 aliphatic rings. The summed E-state index contributed by atoms with van der Waals surface area (Å²) in [5, 5.41) is 22.9. The van der Waals surface area contributed by atoms with Crippen LogP contribution in [0.3, 0.4) is 0 Å². The first-order valence-corrected chi connectivity index (χ1v) is 5.86. The highest BCUT2D eigenvalue weighted by Gasteiger charge is 2.10. The van der Waals surface area contributed by atoms with Gasteiger partial charge in [0.25, 0.3) is 5.91 Å². The maximum atomic E-state index is 11.5. The lowest BCUT2D eigenvalue weighted by atomic mass is 10.4. The Balaban J connectivity index is 1.81. The van der Waals surface area contributed by atoms with Crippen LogP contribution < -0.4 is 5.32 Å². The van der Waals surface area contributed by atoms with E-state index >= 15 is 0 Å². The molecule has 0 aromatic carbocycles. The van der Waals surface area contributed by atoms with Crippen molar-refractivity contribution in [3.05, 3.63) is 28.0 Å². The Morgan fingerprint density at radius 3 is 2.89 bits per heavy atom. The minimum Gasteiger partial charge on any atom is -0.476 e. The van der Waals surface area contributed by atoms with E-state index < -0.39 is 5.97 Å². The Bertz CT molecular complexity index is 550. The van der Waals surface area contributed by atoms with Gasteiger partial charge in [-0.2, -0.15) is 15.4 Å². The Hall–Kier alpha value is -2.29. The van der Waals surface area contributed by atoms with Crippen LogP contribution in [0.2, 0.25) is 0 Å². The van der Waals surface area contributed by atoms with E-state index in [1.807, 2.05) is 0 Å². The number of hydrogen-bond donors (Lipinski definition) is 3. The van der Waals surface area contributed by atoms with Gasteiger partial charge < -0.3 is 10.4 Å². The third-order valence-corrected chi connectivity index (χ3v) is 2.95. The molecule has 0 fully saturated rings. The van der Waals surface area contributed by atoms with Gasteiger partial charge in [-0.3, -0.25) is 4.79 Å². The zero-order valence-electron chi connectivity index (χ0n) is 9.08. The molecule has 2 rings (SSSR count). The predicted molar refractivity (Wildman–Crippen MR) is 61.5 cm³/mol. The van der Waals surface area contributed by atoms with Crippen molar-refractivity contribution in [1.29, 1.82) is 0 Å². The Morgan fingerprint density at radius 1 is 1.44 bits per heavy atom. The lowest BCUT2D eigenvalue weighted by Gasteiger charge is -1.99. The molecule has 3 N–H and O–H groups in total. The largest absolute Gasteiger partial charge is 0.476 e. The minimum absolute atomic E-state index is 0.0258. The van der Waals surface area contributed by atoms with Crippen LogP contribution in [-0.4, -0.2) is 43.9 Å². The van der Waals surface area contributed by atoms with Gasteiger partial charge in [-0.25, -0.2) is 9.78 Å². The highest BCUT2D eigenvalue weighted by Crippen LogP contribution is 2.09. The molecule has 2 aromatic heterocycles. The molecule has 18 heavy (non-hydrogen) atoms. The monoisotopic (exact) mass is 267 g/mol. The Labute approximate surface area is 105 Å². The Kier molecular flexibility index (Phi) is 3.63. The zero-order valence-corrected chi connectivity index (χ0v) is 9.90. The zero-order chi connectivity index (χ0) is 13.0. The van der Waals surface area contributed by atoms with Crippen molar-refractivity contribution in [2.24, 2.45) is 0 Å². The van der Waals surface area contributed by atoms with Crippen LogP contribution in [0.4, 0.5) is 0 Å². The number of hydrogen-bond acceptors (Lipinski definition) is 6. The molecule has 0 aliphatic carbocycles. The summed E-state index contributed by atoms with van der Waals surface area (Å²) in [5.74, 6) is -1.39. The van der Waals surface area contributed by atoms with Crippen molar-refractivity contribution in [3.8, 4) is 0 Å². The minimum atomic E-state index is -1.05. The maximum absolute atomic E-state index is 11.5. The molecule has 0 unspecified atom stereocenters. The number of nitrogens with zero attached hydrogens (tertiary/aromatic N) is 3. The predicted octanol–water partition coefficient (Wildman–Crippen LogP) is -0.0681. The second-order valence-electron chi connectivity index (χ2n) is 3.29. The number of aromatic carboxylic acids is 1. The average molecular weight is 267 g/mol. The topological polar surface area (TPSA) is 121 Å². The van der Waals surface area contributed by atoms with E-state index in [1.54, 1.807) is 0 Å². The Morgan fingerprint density at radius 2 is 2.28 bits per heavy atom. The van der Waals surface area contributed by atoms with Gasteiger partial charge in [0.15, 0.2) is 11.4 Å². The van der Waals surface area contributed by atoms with Crippen molar-refractivity contribution >= 4 is 23.2 Å². The van der Waals surface area contributed by atoms with Crippen LogP contribution in [0.15, 0.2) is 11.6 Å². The number of H-pyrrole nitrogens is 1. The fourth-order valence-electron chi connectivity index (χ4n) is 1.21. The lowest BCUT2D eigenvalue weighted by molar-refractivity contribution is 0.0690. The van der Waals surface area contributed by atoms with Crippen molar-refractivity contribution in [3.63, 3.8) is 0 Å². The van der Waals surface area contributed by atoms with Crippen molar-refractivity contribution < 1.29 is 14.7 Å². The summed E-state index contributed by atoms with van der Waals surface area (Å²) >= 11 is 1.25.